The first-order valence-electron chi connectivity index (χ1n) is 6.46. The molecule has 2 aliphatic rings. The van der Waals surface area contributed by atoms with E-state index in [1.165, 1.54) is 38.0 Å². The fraction of sp³-hybridized carbons (Fsp3) is 0.571. The molecule has 1 heterocycles. The van der Waals surface area contributed by atoms with Crippen LogP contribution in [0, 0.1) is 11.8 Å². The molecule has 1 saturated carbocycles. The third-order valence-electron chi connectivity index (χ3n) is 4.19. The molecule has 2 unspecified atom stereocenters. The highest BCUT2D eigenvalue weighted by atomic mass is 16.5. The summed E-state index contributed by atoms with van der Waals surface area (Å²) < 4.78 is 5.29. The maximum absolute atomic E-state index is 5.85. The van der Waals surface area contributed by atoms with Gasteiger partial charge in [-0.1, -0.05) is 0 Å². The second-order valence-electron chi connectivity index (χ2n) is 5.25. The van der Waals surface area contributed by atoms with Crippen molar-refractivity contribution in [2.75, 3.05) is 30.8 Å². The number of anilines is 2. The molecule has 3 rings (SSSR count). The molecule has 0 amide bonds. The van der Waals surface area contributed by atoms with Crippen molar-refractivity contribution in [3.05, 3.63) is 18.2 Å². The first-order chi connectivity index (χ1) is 8.28. The van der Waals surface area contributed by atoms with Crippen molar-refractivity contribution in [1.29, 1.82) is 0 Å². The number of nitrogen functional groups attached to an aromatic ring is 1. The van der Waals surface area contributed by atoms with Gasteiger partial charge in [0.15, 0.2) is 0 Å². The monoisotopic (exact) mass is 232 g/mol. The van der Waals surface area contributed by atoms with Gasteiger partial charge in [0.05, 0.1) is 12.8 Å². The molecular weight excluding hydrogens is 212 g/mol. The van der Waals surface area contributed by atoms with Crippen LogP contribution < -0.4 is 15.4 Å². The van der Waals surface area contributed by atoms with Gasteiger partial charge in [-0.2, -0.15) is 0 Å². The minimum atomic E-state index is 0.717. The predicted octanol–water partition coefficient (Wildman–Crippen LogP) is 2.51. The Hall–Kier alpha value is -1.38. The maximum atomic E-state index is 5.85. The van der Waals surface area contributed by atoms with Crippen LogP contribution in [-0.2, 0) is 0 Å². The molecule has 2 fully saturated rings. The van der Waals surface area contributed by atoms with E-state index in [1.807, 2.05) is 6.07 Å². The smallest absolute Gasteiger partial charge is 0.143 e. The molecular formula is C14H20N2O. The van der Waals surface area contributed by atoms with Crippen molar-refractivity contribution in [3.63, 3.8) is 0 Å². The number of nitrogens with zero attached hydrogens (tertiary/aromatic N) is 1. The first-order valence-corrected chi connectivity index (χ1v) is 6.46. The van der Waals surface area contributed by atoms with E-state index in [0.717, 1.165) is 17.6 Å². The number of methoxy groups -OCH3 is 1. The Balaban J connectivity index is 1.78. The van der Waals surface area contributed by atoms with E-state index in [-0.39, 0.29) is 0 Å². The summed E-state index contributed by atoms with van der Waals surface area (Å²) in [7, 11) is 1.67. The highest BCUT2D eigenvalue weighted by Crippen LogP contribution is 2.46. The van der Waals surface area contributed by atoms with E-state index < -0.39 is 0 Å². The van der Waals surface area contributed by atoms with E-state index in [2.05, 4.69) is 17.0 Å². The van der Waals surface area contributed by atoms with Gasteiger partial charge in [0.2, 0.25) is 0 Å². The molecule has 0 spiro atoms. The summed E-state index contributed by atoms with van der Waals surface area (Å²) >= 11 is 0. The molecule has 3 heteroatoms. The molecule has 2 N–H and O–H groups in total. The van der Waals surface area contributed by atoms with Crippen LogP contribution in [0.1, 0.15) is 19.3 Å². The van der Waals surface area contributed by atoms with Gasteiger partial charge in [0.1, 0.15) is 5.75 Å². The predicted molar refractivity (Wildman–Crippen MR) is 70.5 cm³/mol. The molecule has 1 saturated heterocycles. The average Bonchev–Trinajstić information content (AvgIpc) is 3.08. The summed E-state index contributed by atoms with van der Waals surface area (Å²) in [5.74, 6) is 2.81. The second kappa shape index (κ2) is 4.13. The van der Waals surface area contributed by atoms with E-state index in [1.54, 1.807) is 7.11 Å². The number of rotatable bonds is 2. The van der Waals surface area contributed by atoms with Crippen LogP contribution in [0.2, 0.25) is 0 Å². The number of nitrogens with two attached hydrogens (primary N) is 1. The SMILES string of the molecule is COc1cc(N2CCC3CC3CC2)ccc1N. The number of benzene rings is 1. The first kappa shape index (κ1) is 10.8. The van der Waals surface area contributed by atoms with Gasteiger partial charge in [-0.05, 0) is 43.2 Å². The minimum Gasteiger partial charge on any atom is -0.495 e. The van der Waals surface area contributed by atoms with Gasteiger partial charge in [0, 0.05) is 24.8 Å². The molecule has 2 atom stereocenters. The Morgan fingerprint density at radius 2 is 1.94 bits per heavy atom. The molecule has 1 aromatic carbocycles. The van der Waals surface area contributed by atoms with Crippen molar-refractivity contribution in [2.45, 2.75) is 19.3 Å². The Morgan fingerprint density at radius 1 is 1.24 bits per heavy atom. The Bertz CT molecular complexity index is 407. The molecule has 17 heavy (non-hydrogen) atoms. The zero-order chi connectivity index (χ0) is 11.8. The standard InChI is InChI=1S/C14H20N2O/c1-17-14-9-12(2-3-13(14)15)16-6-4-10-8-11(10)5-7-16/h2-3,9-11H,4-8,15H2,1H3. The number of ether oxygens (including phenoxy) is 1. The van der Waals surface area contributed by atoms with Crippen LogP contribution in [0.15, 0.2) is 18.2 Å². The molecule has 1 aliphatic carbocycles. The highest BCUT2D eigenvalue weighted by Gasteiger charge is 2.38. The highest BCUT2D eigenvalue weighted by molar-refractivity contribution is 5.62. The van der Waals surface area contributed by atoms with E-state index in [4.69, 9.17) is 10.5 Å². The van der Waals surface area contributed by atoms with Crippen molar-refractivity contribution in [3.8, 4) is 5.75 Å². The Morgan fingerprint density at radius 3 is 2.59 bits per heavy atom. The summed E-state index contributed by atoms with van der Waals surface area (Å²) in [6, 6.07) is 6.11. The fourth-order valence-electron chi connectivity index (χ4n) is 2.93. The number of hydrogen-bond acceptors (Lipinski definition) is 3. The molecule has 3 nitrogen and oxygen atoms in total. The van der Waals surface area contributed by atoms with Crippen molar-refractivity contribution in [2.24, 2.45) is 11.8 Å². The number of hydrogen-bond donors (Lipinski definition) is 1. The van der Waals surface area contributed by atoms with Gasteiger partial charge in [0.25, 0.3) is 0 Å². The molecule has 0 aromatic heterocycles. The summed E-state index contributed by atoms with van der Waals surface area (Å²) in [5, 5.41) is 0. The van der Waals surface area contributed by atoms with Gasteiger partial charge in [-0.15, -0.1) is 0 Å². The average molecular weight is 232 g/mol. The van der Waals surface area contributed by atoms with Crippen LogP contribution in [0.4, 0.5) is 11.4 Å². The lowest BCUT2D eigenvalue weighted by molar-refractivity contribution is 0.417. The lowest BCUT2D eigenvalue weighted by Crippen LogP contribution is -2.24. The Kier molecular flexibility index (Phi) is 2.61. The van der Waals surface area contributed by atoms with Crippen LogP contribution in [-0.4, -0.2) is 20.2 Å². The zero-order valence-corrected chi connectivity index (χ0v) is 10.4. The van der Waals surface area contributed by atoms with E-state index in [0.29, 0.717) is 5.69 Å². The molecule has 1 aliphatic heterocycles. The van der Waals surface area contributed by atoms with Gasteiger partial charge in [-0.25, -0.2) is 0 Å². The Labute approximate surface area is 103 Å². The van der Waals surface area contributed by atoms with Crippen molar-refractivity contribution in [1.82, 2.24) is 0 Å². The second-order valence-corrected chi connectivity index (χ2v) is 5.25. The molecule has 0 radical (unpaired) electrons. The molecule has 0 bridgehead atoms. The van der Waals surface area contributed by atoms with E-state index in [9.17, 15) is 0 Å². The van der Waals surface area contributed by atoms with Crippen LogP contribution in [0.25, 0.3) is 0 Å². The normalized spacial score (nSPS) is 27.2. The van der Waals surface area contributed by atoms with Crippen molar-refractivity contribution >= 4 is 11.4 Å². The minimum absolute atomic E-state index is 0.717. The van der Waals surface area contributed by atoms with Crippen LogP contribution in [0.3, 0.4) is 0 Å². The molecule has 92 valence electrons. The fourth-order valence-corrected chi connectivity index (χ4v) is 2.93. The zero-order valence-electron chi connectivity index (χ0n) is 10.4. The van der Waals surface area contributed by atoms with Crippen LogP contribution in [0.5, 0.6) is 5.75 Å². The number of fused-ring (bicyclic) bond motifs is 1. The third kappa shape index (κ3) is 2.06. The topological polar surface area (TPSA) is 38.5 Å². The van der Waals surface area contributed by atoms with Crippen molar-refractivity contribution < 1.29 is 4.74 Å². The largest absolute Gasteiger partial charge is 0.495 e. The lowest BCUT2D eigenvalue weighted by Gasteiger charge is -2.24. The summed E-state index contributed by atoms with van der Waals surface area (Å²) in [6.07, 6.45) is 4.16. The maximum Gasteiger partial charge on any atom is 0.143 e. The summed E-state index contributed by atoms with van der Waals surface area (Å²) in [5.41, 5.74) is 7.81. The van der Waals surface area contributed by atoms with Gasteiger partial charge >= 0.3 is 0 Å². The quantitative estimate of drug-likeness (QED) is 0.796. The van der Waals surface area contributed by atoms with Crippen LogP contribution >= 0.6 is 0 Å². The summed E-state index contributed by atoms with van der Waals surface area (Å²) in [4.78, 5) is 2.47. The van der Waals surface area contributed by atoms with Gasteiger partial charge in [-0.3, -0.25) is 0 Å². The molecule has 1 aromatic rings. The third-order valence-corrected chi connectivity index (χ3v) is 4.19. The summed E-state index contributed by atoms with van der Waals surface area (Å²) in [6.45, 7) is 2.35. The lowest BCUT2D eigenvalue weighted by atomic mass is 10.2. The van der Waals surface area contributed by atoms with E-state index >= 15 is 0 Å². The van der Waals surface area contributed by atoms with Gasteiger partial charge < -0.3 is 15.4 Å².